The van der Waals surface area contributed by atoms with Gasteiger partial charge >= 0.3 is 0 Å². The highest BCUT2D eigenvalue weighted by molar-refractivity contribution is 4.84. The van der Waals surface area contributed by atoms with Crippen LogP contribution < -0.4 is 0 Å². The molecule has 0 aromatic carbocycles. The highest BCUT2D eigenvalue weighted by Crippen LogP contribution is 2.43. The molecule has 1 fully saturated rings. The molecule has 1 aliphatic carbocycles. The molecule has 0 aromatic rings. The van der Waals surface area contributed by atoms with Gasteiger partial charge in [-0.05, 0) is 62.2 Å². The van der Waals surface area contributed by atoms with Crippen molar-refractivity contribution < 1.29 is 5.11 Å². The van der Waals surface area contributed by atoms with Gasteiger partial charge in [-0.25, -0.2) is 0 Å². The fourth-order valence-electron chi connectivity index (χ4n) is 4.14. The summed E-state index contributed by atoms with van der Waals surface area (Å²) >= 11 is 0. The largest absolute Gasteiger partial charge is 0.393 e. The van der Waals surface area contributed by atoms with Crippen molar-refractivity contribution >= 4 is 0 Å². The van der Waals surface area contributed by atoms with Crippen molar-refractivity contribution in [1.29, 1.82) is 0 Å². The summed E-state index contributed by atoms with van der Waals surface area (Å²) in [5.41, 5.74) is 0.540. The third-order valence-corrected chi connectivity index (χ3v) is 4.93. The number of aliphatic hydroxyl groups excluding tert-OH is 1. The first-order valence-electron chi connectivity index (χ1n) is 8.04. The molecule has 0 heterocycles. The first-order valence-corrected chi connectivity index (χ1v) is 8.04. The molecule has 1 aliphatic rings. The standard InChI is InChI=1S/C17H34O/c1-6-15-10-16(14(4)18)8-7-9-17(5,12-15)11-13(2)3/h13-16,18H,6-12H2,1-5H3. The SMILES string of the molecule is CCC1CC(C(C)O)CCCC(C)(CC(C)C)C1. The minimum Gasteiger partial charge on any atom is -0.393 e. The summed E-state index contributed by atoms with van der Waals surface area (Å²) in [7, 11) is 0. The highest BCUT2D eigenvalue weighted by atomic mass is 16.3. The summed E-state index contributed by atoms with van der Waals surface area (Å²) in [5, 5.41) is 9.88. The molecular weight excluding hydrogens is 220 g/mol. The number of aliphatic hydroxyl groups is 1. The Morgan fingerprint density at radius 1 is 1.28 bits per heavy atom. The number of hydrogen-bond donors (Lipinski definition) is 1. The van der Waals surface area contributed by atoms with Crippen LogP contribution in [0.15, 0.2) is 0 Å². The summed E-state index contributed by atoms with van der Waals surface area (Å²) in [6.45, 7) is 11.5. The third kappa shape index (κ3) is 4.91. The molecule has 4 atom stereocenters. The first kappa shape index (κ1) is 16.0. The summed E-state index contributed by atoms with van der Waals surface area (Å²) in [5.74, 6) is 2.16. The van der Waals surface area contributed by atoms with Crippen molar-refractivity contribution in [2.75, 3.05) is 0 Å². The van der Waals surface area contributed by atoms with Crippen LogP contribution in [0.4, 0.5) is 0 Å². The maximum atomic E-state index is 9.88. The fourth-order valence-corrected chi connectivity index (χ4v) is 4.14. The Morgan fingerprint density at radius 3 is 2.44 bits per heavy atom. The van der Waals surface area contributed by atoms with E-state index in [0.717, 1.165) is 11.8 Å². The highest BCUT2D eigenvalue weighted by Gasteiger charge is 2.32. The van der Waals surface area contributed by atoms with Crippen LogP contribution in [0.5, 0.6) is 0 Å². The van der Waals surface area contributed by atoms with E-state index in [0.29, 0.717) is 11.3 Å². The van der Waals surface area contributed by atoms with Gasteiger partial charge in [-0.15, -0.1) is 0 Å². The zero-order valence-corrected chi connectivity index (χ0v) is 13.2. The lowest BCUT2D eigenvalue weighted by atomic mass is 9.67. The van der Waals surface area contributed by atoms with Crippen molar-refractivity contribution in [3.8, 4) is 0 Å². The van der Waals surface area contributed by atoms with Crippen LogP contribution in [0.2, 0.25) is 0 Å². The Kier molecular flexibility index (Phi) is 6.17. The zero-order chi connectivity index (χ0) is 13.8. The Morgan fingerprint density at radius 2 is 1.94 bits per heavy atom. The van der Waals surface area contributed by atoms with Gasteiger partial charge in [-0.3, -0.25) is 0 Å². The molecule has 0 aliphatic heterocycles. The Hall–Kier alpha value is -0.0400. The molecule has 18 heavy (non-hydrogen) atoms. The predicted octanol–water partition coefficient (Wildman–Crippen LogP) is 5.03. The van der Waals surface area contributed by atoms with E-state index in [2.05, 4.69) is 27.7 Å². The van der Waals surface area contributed by atoms with Crippen LogP contribution >= 0.6 is 0 Å². The van der Waals surface area contributed by atoms with E-state index in [1.807, 2.05) is 6.92 Å². The quantitative estimate of drug-likeness (QED) is 0.746. The minimum absolute atomic E-state index is 0.117. The van der Waals surface area contributed by atoms with Gasteiger partial charge in [-0.2, -0.15) is 0 Å². The lowest BCUT2D eigenvalue weighted by Crippen LogP contribution is -2.29. The summed E-state index contributed by atoms with van der Waals surface area (Å²) in [6.07, 6.45) is 9.00. The molecule has 108 valence electrons. The van der Waals surface area contributed by atoms with Crippen molar-refractivity contribution in [2.24, 2.45) is 23.2 Å². The maximum Gasteiger partial charge on any atom is 0.0540 e. The second kappa shape index (κ2) is 6.93. The van der Waals surface area contributed by atoms with Crippen LogP contribution in [0, 0.1) is 23.2 Å². The van der Waals surface area contributed by atoms with Crippen molar-refractivity contribution in [3.63, 3.8) is 0 Å². The van der Waals surface area contributed by atoms with Crippen LogP contribution in [0.25, 0.3) is 0 Å². The lowest BCUT2D eigenvalue weighted by molar-refractivity contribution is 0.0658. The van der Waals surface area contributed by atoms with Gasteiger partial charge in [0.15, 0.2) is 0 Å². The maximum absolute atomic E-state index is 9.88. The summed E-state index contributed by atoms with van der Waals surface area (Å²) in [6, 6.07) is 0. The van der Waals surface area contributed by atoms with Gasteiger partial charge in [0.05, 0.1) is 6.10 Å². The van der Waals surface area contributed by atoms with E-state index < -0.39 is 0 Å². The molecule has 1 nitrogen and oxygen atoms in total. The Labute approximate surface area is 114 Å². The van der Waals surface area contributed by atoms with Gasteiger partial charge in [0.1, 0.15) is 0 Å². The second-order valence-corrected chi connectivity index (χ2v) is 7.52. The molecule has 0 amide bonds. The van der Waals surface area contributed by atoms with Crippen LogP contribution in [-0.4, -0.2) is 11.2 Å². The van der Waals surface area contributed by atoms with Crippen LogP contribution in [-0.2, 0) is 0 Å². The van der Waals surface area contributed by atoms with Crippen molar-refractivity contribution in [2.45, 2.75) is 85.7 Å². The number of rotatable bonds is 4. The normalized spacial score (nSPS) is 36.2. The monoisotopic (exact) mass is 254 g/mol. The molecule has 4 unspecified atom stereocenters. The molecule has 0 spiro atoms. The van der Waals surface area contributed by atoms with Crippen molar-refractivity contribution in [3.05, 3.63) is 0 Å². The van der Waals surface area contributed by atoms with Gasteiger partial charge in [0.2, 0.25) is 0 Å². The molecular formula is C17H34O. The third-order valence-electron chi connectivity index (χ3n) is 4.93. The Balaban J connectivity index is 2.68. The predicted molar refractivity (Wildman–Crippen MR) is 79.6 cm³/mol. The van der Waals surface area contributed by atoms with Crippen molar-refractivity contribution in [1.82, 2.24) is 0 Å². The van der Waals surface area contributed by atoms with Gasteiger partial charge < -0.3 is 5.11 Å². The second-order valence-electron chi connectivity index (χ2n) is 7.52. The van der Waals surface area contributed by atoms with Crippen LogP contribution in [0.3, 0.4) is 0 Å². The minimum atomic E-state index is -0.117. The molecule has 0 radical (unpaired) electrons. The summed E-state index contributed by atoms with van der Waals surface area (Å²) in [4.78, 5) is 0. The fraction of sp³-hybridized carbons (Fsp3) is 1.00. The molecule has 1 saturated carbocycles. The van der Waals surface area contributed by atoms with Gasteiger partial charge in [-0.1, -0.05) is 40.5 Å². The summed E-state index contributed by atoms with van der Waals surface area (Å²) < 4.78 is 0. The lowest BCUT2D eigenvalue weighted by Gasteiger charge is -2.39. The molecule has 0 aromatic heterocycles. The van der Waals surface area contributed by atoms with E-state index >= 15 is 0 Å². The smallest absolute Gasteiger partial charge is 0.0540 e. The zero-order valence-electron chi connectivity index (χ0n) is 13.2. The average molecular weight is 254 g/mol. The molecule has 0 saturated heterocycles. The number of hydrogen-bond acceptors (Lipinski definition) is 1. The van der Waals surface area contributed by atoms with E-state index in [4.69, 9.17) is 0 Å². The Bertz CT molecular complexity index is 234. The van der Waals surface area contributed by atoms with Crippen LogP contribution in [0.1, 0.15) is 79.6 Å². The topological polar surface area (TPSA) is 20.2 Å². The van der Waals surface area contributed by atoms with Gasteiger partial charge in [0.25, 0.3) is 0 Å². The van der Waals surface area contributed by atoms with Gasteiger partial charge in [0, 0.05) is 0 Å². The van der Waals surface area contributed by atoms with E-state index in [9.17, 15) is 5.11 Å². The first-order chi connectivity index (χ1) is 8.36. The molecule has 0 bridgehead atoms. The molecule has 1 heteroatoms. The molecule has 1 N–H and O–H groups in total. The molecule has 1 rings (SSSR count). The van der Waals surface area contributed by atoms with E-state index in [1.165, 1.54) is 44.9 Å². The average Bonchev–Trinajstić information content (AvgIpc) is 2.22. The van der Waals surface area contributed by atoms with E-state index in [1.54, 1.807) is 0 Å². The van der Waals surface area contributed by atoms with E-state index in [-0.39, 0.29) is 6.10 Å².